The molecule has 0 amide bonds. The molecule has 4 N–H and O–H groups in total. The number of fused-ring (bicyclic) bond motifs is 2. The zero-order chi connectivity index (χ0) is 21.5. The van der Waals surface area contributed by atoms with Gasteiger partial charge in [-0.2, -0.15) is 0 Å². The summed E-state index contributed by atoms with van der Waals surface area (Å²) in [5.41, 5.74) is 0.0755. The summed E-state index contributed by atoms with van der Waals surface area (Å²) in [5.74, 6) is 0.803. The van der Waals surface area contributed by atoms with Gasteiger partial charge in [0.25, 0.3) is 0 Å². The molecule has 2 bridgehead atoms. The third-order valence-corrected chi connectivity index (χ3v) is 6.77. The molecule has 2 saturated heterocycles. The molecule has 0 unspecified atom stereocenters. The smallest absolute Gasteiger partial charge is 0.123 e. The molecule has 30 heavy (non-hydrogen) atoms. The van der Waals surface area contributed by atoms with E-state index in [1.54, 1.807) is 12.1 Å². The molecule has 0 aliphatic carbocycles. The molecule has 7 heteroatoms. The molecule has 162 valence electrons. The van der Waals surface area contributed by atoms with Crippen molar-refractivity contribution in [2.45, 2.75) is 55.7 Å². The second kappa shape index (κ2) is 8.11. The van der Waals surface area contributed by atoms with Crippen LogP contribution >= 0.6 is 11.6 Å². The summed E-state index contributed by atoms with van der Waals surface area (Å²) in [6.45, 7) is 2.10. The maximum Gasteiger partial charge on any atom is 0.123 e. The lowest BCUT2D eigenvalue weighted by molar-refractivity contribution is -0.289. The first-order chi connectivity index (χ1) is 14.3. The molecule has 2 aromatic rings. The molecule has 2 aliphatic rings. The van der Waals surface area contributed by atoms with Gasteiger partial charge in [0.2, 0.25) is 0 Å². The highest BCUT2D eigenvalue weighted by Gasteiger charge is 2.65. The molecular weight excluding hydrogens is 408 g/mol. The second-order valence-electron chi connectivity index (χ2n) is 8.15. The lowest BCUT2D eigenvalue weighted by atomic mass is 9.80. The van der Waals surface area contributed by atoms with E-state index in [1.165, 1.54) is 0 Å². The summed E-state index contributed by atoms with van der Waals surface area (Å²) in [5, 5.41) is 42.1. The minimum absolute atomic E-state index is 0.329. The van der Waals surface area contributed by atoms with Gasteiger partial charge < -0.3 is 29.9 Å². The standard InChI is InChI=1S/C23H27ClO6/c1-2-29-17-6-3-14(4-7-17)11-15-12-16(5-8-18(15)24)23-10-9-22(13-25,30-23)20(27)19(26)21(23)28/h3-8,12,19-21,25-28H,2,9-11,13H2,1H3/t19-,20-,21+,22+,23-/m0/s1. The first kappa shape index (κ1) is 21.6. The number of benzene rings is 2. The van der Waals surface area contributed by atoms with Gasteiger partial charge in [0.1, 0.15) is 35.3 Å². The number of hydrogen-bond donors (Lipinski definition) is 4. The van der Waals surface area contributed by atoms with Crippen molar-refractivity contribution >= 4 is 11.6 Å². The van der Waals surface area contributed by atoms with Crippen LogP contribution in [0, 0.1) is 0 Å². The largest absolute Gasteiger partial charge is 0.494 e. The fraction of sp³-hybridized carbons (Fsp3) is 0.478. The van der Waals surface area contributed by atoms with Gasteiger partial charge in [-0.15, -0.1) is 0 Å². The van der Waals surface area contributed by atoms with Crippen LogP contribution in [0.4, 0.5) is 0 Å². The molecule has 2 heterocycles. The predicted octanol–water partition coefficient (Wildman–Crippen LogP) is 2.16. The topological polar surface area (TPSA) is 99.4 Å². The summed E-state index contributed by atoms with van der Waals surface area (Å²) < 4.78 is 11.6. The van der Waals surface area contributed by atoms with Crippen LogP contribution in [0.25, 0.3) is 0 Å². The van der Waals surface area contributed by atoms with Gasteiger partial charge in [-0.05, 0) is 61.1 Å². The van der Waals surface area contributed by atoms with E-state index >= 15 is 0 Å². The Kier molecular flexibility index (Phi) is 5.83. The van der Waals surface area contributed by atoms with E-state index in [4.69, 9.17) is 21.1 Å². The maximum atomic E-state index is 10.8. The van der Waals surface area contributed by atoms with E-state index < -0.39 is 36.1 Å². The first-order valence-electron chi connectivity index (χ1n) is 10.2. The fourth-order valence-corrected chi connectivity index (χ4v) is 4.87. The van der Waals surface area contributed by atoms with Crippen molar-refractivity contribution in [1.29, 1.82) is 0 Å². The van der Waals surface area contributed by atoms with Crippen LogP contribution in [0.2, 0.25) is 5.02 Å². The van der Waals surface area contributed by atoms with E-state index in [1.807, 2.05) is 37.3 Å². The Morgan fingerprint density at radius 1 is 1.07 bits per heavy atom. The lowest BCUT2D eigenvalue weighted by Crippen LogP contribution is -2.64. The molecule has 2 aliphatic heterocycles. The summed E-state index contributed by atoms with van der Waals surface area (Å²) in [4.78, 5) is 0. The average molecular weight is 435 g/mol. The summed E-state index contributed by atoms with van der Waals surface area (Å²) >= 11 is 6.45. The van der Waals surface area contributed by atoms with Crippen LogP contribution in [0.1, 0.15) is 36.5 Å². The van der Waals surface area contributed by atoms with Gasteiger partial charge in [-0.25, -0.2) is 0 Å². The Balaban J connectivity index is 1.66. The van der Waals surface area contributed by atoms with Crippen LogP contribution in [-0.4, -0.2) is 57.6 Å². The maximum absolute atomic E-state index is 10.8. The molecule has 0 aromatic heterocycles. The number of aliphatic hydroxyl groups is 4. The quantitative estimate of drug-likeness (QED) is 0.556. The molecule has 4 rings (SSSR count). The van der Waals surface area contributed by atoms with Gasteiger partial charge in [0, 0.05) is 5.02 Å². The Morgan fingerprint density at radius 3 is 2.47 bits per heavy atom. The van der Waals surface area contributed by atoms with Crippen molar-refractivity contribution in [3.63, 3.8) is 0 Å². The van der Waals surface area contributed by atoms with Gasteiger partial charge in [-0.1, -0.05) is 35.9 Å². The molecule has 0 spiro atoms. The molecular formula is C23H27ClO6. The van der Waals surface area contributed by atoms with Gasteiger partial charge >= 0.3 is 0 Å². The summed E-state index contributed by atoms with van der Waals surface area (Å²) in [7, 11) is 0. The third kappa shape index (κ3) is 3.42. The van der Waals surface area contributed by atoms with E-state index in [2.05, 4.69) is 0 Å². The molecule has 0 radical (unpaired) electrons. The number of ether oxygens (including phenoxy) is 2. The fourth-order valence-electron chi connectivity index (χ4n) is 4.68. The summed E-state index contributed by atoms with van der Waals surface area (Å²) in [6.07, 6.45) is -2.83. The Bertz CT molecular complexity index is 903. The minimum Gasteiger partial charge on any atom is -0.494 e. The second-order valence-corrected chi connectivity index (χ2v) is 8.56. The SMILES string of the molecule is CCOc1ccc(Cc2cc([C@]34CC[C@](CO)(O3)[C@@H](O)[C@H](O)[C@H]4O)ccc2Cl)cc1. The minimum atomic E-state index is -1.42. The number of aliphatic hydroxyl groups excluding tert-OH is 4. The zero-order valence-electron chi connectivity index (χ0n) is 16.8. The lowest BCUT2D eigenvalue weighted by Gasteiger charge is -2.48. The molecule has 2 aromatic carbocycles. The van der Waals surface area contributed by atoms with Gasteiger partial charge in [0.05, 0.1) is 13.2 Å². The van der Waals surface area contributed by atoms with Gasteiger partial charge in [0.15, 0.2) is 0 Å². The predicted molar refractivity (Wildman–Crippen MR) is 112 cm³/mol. The highest BCUT2D eigenvalue weighted by atomic mass is 35.5. The molecule has 5 atom stereocenters. The third-order valence-electron chi connectivity index (χ3n) is 6.40. The Labute approximate surface area is 180 Å². The van der Waals surface area contributed by atoms with Crippen LogP contribution in [0.5, 0.6) is 5.75 Å². The van der Waals surface area contributed by atoms with E-state index in [-0.39, 0.29) is 0 Å². The Morgan fingerprint density at radius 2 is 1.80 bits per heavy atom. The van der Waals surface area contributed by atoms with Crippen LogP contribution < -0.4 is 4.74 Å². The first-order valence-corrected chi connectivity index (χ1v) is 10.6. The highest BCUT2D eigenvalue weighted by molar-refractivity contribution is 6.31. The average Bonchev–Trinajstić information content (AvgIpc) is 3.14. The van der Waals surface area contributed by atoms with Crippen LogP contribution in [0.15, 0.2) is 42.5 Å². The highest BCUT2D eigenvalue weighted by Crippen LogP contribution is 2.54. The normalized spacial score (nSPS) is 32.9. The van der Waals surface area contributed by atoms with Crippen LogP contribution in [0.3, 0.4) is 0 Å². The van der Waals surface area contributed by atoms with Crippen molar-refractivity contribution in [2.75, 3.05) is 13.2 Å². The van der Waals surface area contributed by atoms with Crippen LogP contribution in [-0.2, 0) is 16.8 Å². The van der Waals surface area contributed by atoms with E-state index in [0.717, 1.165) is 16.9 Å². The van der Waals surface area contributed by atoms with Crippen molar-refractivity contribution in [3.8, 4) is 5.75 Å². The molecule has 6 nitrogen and oxygen atoms in total. The van der Waals surface area contributed by atoms with Crippen molar-refractivity contribution < 1.29 is 29.9 Å². The Hall–Kier alpha value is -1.67. The molecule has 2 fully saturated rings. The number of hydrogen-bond acceptors (Lipinski definition) is 6. The zero-order valence-corrected chi connectivity index (χ0v) is 17.5. The number of halogens is 1. The van der Waals surface area contributed by atoms with Gasteiger partial charge in [-0.3, -0.25) is 0 Å². The van der Waals surface area contributed by atoms with Crippen molar-refractivity contribution in [1.82, 2.24) is 0 Å². The monoisotopic (exact) mass is 434 g/mol. The van der Waals surface area contributed by atoms with E-state index in [0.29, 0.717) is 36.5 Å². The summed E-state index contributed by atoms with van der Waals surface area (Å²) in [6, 6.07) is 13.2. The van der Waals surface area contributed by atoms with Crippen molar-refractivity contribution in [2.24, 2.45) is 0 Å². The molecule has 0 saturated carbocycles. The van der Waals surface area contributed by atoms with Crippen molar-refractivity contribution in [3.05, 3.63) is 64.2 Å². The number of rotatable bonds is 6. The van der Waals surface area contributed by atoms with E-state index in [9.17, 15) is 20.4 Å².